The van der Waals surface area contributed by atoms with Gasteiger partial charge in [0, 0.05) is 5.02 Å². The average molecular weight is 321 g/mol. The van der Waals surface area contributed by atoms with Crippen LogP contribution in [-0.2, 0) is 4.57 Å². The maximum absolute atomic E-state index is 12.1. The molecule has 1 aromatic carbocycles. The molecule has 0 saturated carbocycles. The van der Waals surface area contributed by atoms with Crippen LogP contribution in [0.5, 0.6) is 5.75 Å². The Kier molecular flexibility index (Phi) is 4.77. The first-order valence-electron chi connectivity index (χ1n) is 5.46. The third-order valence-electron chi connectivity index (χ3n) is 2.33. The van der Waals surface area contributed by atoms with Gasteiger partial charge in [-0.05, 0) is 18.2 Å². The van der Waals surface area contributed by atoms with Crippen molar-refractivity contribution < 1.29 is 13.9 Å². The van der Waals surface area contributed by atoms with Crippen LogP contribution in [0.2, 0.25) is 5.02 Å². The highest BCUT2D eigenvalue weighted by molar-refractivity contribution is 7.17. The predicted octanol–water partition coefficient (Wildman–Crippen LogP) is 2.84. The highest BCUT2D eigenvalue weighted by atomic mass is 35.5. The van der Waals surface area contributed by atoms with E-state index in [0.717, 1.165) is 0 Å². The maximum Gasteiger partial charge on any atom is 0.395 e. The summed E-state index contributed by atoms with van der Waals surface area (Å²) in [7, 11) is -0.592. The smallest absolute Gasteiger partial charge is 0.395 e. The van der Waals surface area contributed by atoms with Crippen molar-refractivity contribution in [2.45, 2.75) is 0 Å². The molecule has 104 valence electrons. The lowest BCUT2D eigenvalue weighted by Gasteiger charge is -2.07. The summed E-state index contributed by atoms with van der Waals surface area (Å²) in [5.41, 5.74) is 0.224. The Morgan fingerprint density at radius 3 is 2.81 bits per heavy atom. The molecule has 2 rings (SSSR count). The van der Waals surface area contributed by atoms with Crippen molar-refractivity contribution in [1.82, 2.24) is 9.97 Å². The first-order chi connectivity index (χ1) is 10.1. The minimum absolute atomic E-state index is 0.0945. The first kappa shape index (κ1) is 14.9. The topological polar surface area (TPSA) is 105 Å². The number of nitrogens with zero attached hydrogens (tertiary/aromatic N) is 3. The zero-order valence-electron chi connectivity index (χ0n) is 10.3. The minimum atomic E-state index is -0.592. The summed E-state index contributed by atoms with van der Waals surface area (Å²) in [4.78, 5) is 19.8. The Morgan fingerprint density at radius 2 is 2.19 bits per heavy atom. The van der Waals surface area contributed by atoms with Gasteiger partial charge in [0.15, 0.2) is 11.5 Å². The molecular formula is C12H6ClN4O3P. The number of nitriles is 1. The first-order valence-corrected chi connectivity index (χ1v) is 6.57. The predicted molar refractivity (Wildman–Crippen MR) is 74.4 cm³/mol. The van der Waals surface area contributed by atoms with E-state index >= 15 is 0 Å². The fourth-order valence-electron chi connectivity index (χ4n) is 1.43. The van der Waals surface area contributed by atoms with E-state index in [4.69, 9.17) is 21.4 Å². The van der Waals surface area contributed by atoms with Gasteiger partial charge in [0.2, 0.25) is 0 Å². The number of carbonyl (C=O) groups excluding carboxylic acids is 1. The van der Waals surface area contributed by atoms with Crippen LogP contribution in [0.15, 0.2) is 30.6 Å². The number of nitrogens with one attached hydrogen (secondary N) is 1. The fourth-order valence-corrected chi connectivity index (χ4v) is 1.84. The molecule has 1 aromatic heterocycles. The van der Waals surface area contributed by atoms with Crippen molar-refractivity contribution in [2.24, 2.45) is 0 Å². The quantitative estimate of drug-likeness (QED) is 0.868. The van der Waals surface area contributed by atoms with E-state index in [9.17, 15) is 9.36 Å². The highest BCUT2D eigenvalue weighted by Gasteiger charge is 2.15. The van der Waals surface area contributed by atoms with Gasteiger partial charge < -0.3 is 9.84 Å². The van der Waals surface area contributed by atoms with Crippen LogP contribution in [0.1, 0.15) is 16.1 Å². The van der Waals surface area contributed by atoms with Crippen LogP contribution in [0.4, 0.5) is 5.82 Å². The second-order valence-corrected chi connectivity index (χ2v) is 4.43. The lowest BCUT2D eigenvalue weighted by atomic mass is 10.2. The molecule has 0 aliphatic rings. The summed E-state index contributed by atoms with van der Waals surface area (Å²) in [5, 5.41) is 11.4. The van der Waals surface area contributed by atoms with Gasteiger partial charge in [-0.1, -0.05) is 11.6 Å². The van der Waals surface area contributed by atoms with Crippen molar-refractivity contribution in [3.05, 3.63) is 46.9 Å². The van der Waals surface area contributed by atoms with Crippen LogP contribution >= 0.6 is 20.3 Å². The molecule has 0 aliphatic carbocycles. The SMILES string of the molecule is N#Cc1cnc(NC(=O)c2cc(Cl)ccc2OP=O)cn1. The Balaban J connectivity index is 2.25. The van der Waals surface area contributed by atoms with Gasteiger partial charge in [-0.15, -0.1) is 0 Å². The van der Waals surface area contributed by atoms with E-state index in [1.807, 2.05) is 6.07 Å². The molecule has 0 spiro atoms. The van der Waals surface area contributed by atoms with Crippen molar-refractivity contribution >= 4 is 32.0 Å². The van der Waals surface area contributed by atoms with E-state index in [2.05, 4.69) is 15.3 Å². The van der Waals surface area contributed by atoms with Crippen LogP contribution in [0.3, 0.4) is 0 Å². The third-order valence-corrected chi connectivity index (χ3v) is 2.84. The number of hydrogen-bond donors (Lipinski definition) is 1. The normalized spacial score (nSPS) is 9.90. The van der Waals surface area contributed by atoms with Gasteiger partial charge in [-0.2, -0.15) is 5.26 Å². The van der Waals surface area contributed by atoms with Crippen molar-refractivity contribution in [3.63, 3.8) is 0 Å². The van der Waals surface area contributed by atoms with E-state index in [0.29, 0.717) is 5.02 Å². The second-order valence-electron chi connectivity index (χ2n) is 3.66. The number of amides is 1. The zero-order chi connectivity index (χ0) is 15.2. The minimum Gasteiger partial charge on any atom is -0.407 e. The van der Waals surface area contributed by atoms with E-state index in [1.165, 1.54) is 30.6 Å². The molecule has 9 heteroatoms. The molecule has 1 amide bonds. The zero-order valence-corrected chi connectivity index (χ0v) is 11.9. The number of carbonyl (C=O) groups is 1. The molecule has 0 radical (unpaired) electrons. The summed E-state index contributed by atoms with van der Waals surface area (Å²) < 4.78 is 15.3. The monoisotopic (exact) mass is 320 g/mol. The molecule has 2 aromatic rings. The fraction of sp³-hybridized carbons (Fsp3) is 0. The number of rotatable bonds is 4. The van der Waals surface area contributed by atoms with E-state index in [-0.39, 0.29) is 22.8 Å². The molecule has 0 atom stereocenters. The molecule has 0 aliphatic heterocycles. The van der Waals surface area contributed by atoms with Crippen LogP contribution in [0, 0.1) is 11.3 Å². The van der Waals surface area contributed by atoms with Crippen molar-refractivity contribution in [1.29, 1.82) is 5.26 Å². The summed E-state index contributed by atoms with van der Waals surface area (Å²) in [6.07, 6.45) is 2.47. The van der Waals surface area contributed by atoms with Gasteiger partial charge >= 0.3 is 8.69 Å². The number of hydrogen-bond acceptors (Lipinski definition) is 6. The Labute approximate surface area is 125 Å². The molecule has 21 heavy (non-hydrogen) atoms. The third kappa shape index (κ3) is 3.72. The summed E-state index contributed by atoms with van der Waals surface area (Å²) in [5.74, 6) is -0.296. The molecule has 7 nitrogen and oxygen atoms in total. The Morgan fingerprint density at radius 1 is 1.38 bits per heavy atom. The van der Waals surface area contributed by atoms with Crippen LogP contribution < -0.4 is 9.84 Å². The summed E-state index contributed by atoms with van der Waals surface area (Å²) in [6, 6.07) is 6.11. The number of benzene rings is 1. The van der Waals surface area contributed by atoms with E-state index < -0.39 is 14.6 Å². The molecule has 1 N–H and O–H groups in total. The van der Waals surface area contributed by atoms with Gasteiger partial charge in [0.25, 0.3) is 5.91 Å². The molecule has 0 saturated heterocycles. The van der Waals surface area contributed by atoms with Crippen LogP contribution in [0.25, 0.3) is 0 Å². The van der Waals surface area contributed by atoms with Crippen molar-refractivity contribution in [2.75, 3.05) is 5.32 Å². The van der Waals surface area contributed by atoms with E-state index in [1.54, 1.807) is 0 Å². The lowest BCUT2D eigenvalue weighted by Crippen LogP contribution is -2.14. The molecule has 0 bridgehead atoms. The van der Waals surface area contributed by atoms with Crippen LogP contribution in [-0.4, -0.2) is 15.9 Å². The van der Waals surface area contributed by atoms with Gasteiger partial charge in [-0.3, -0.25) is 4.79 Å². The number of anilines is 1. The summed E-state index contributed by atoms with van der Waals surface area (Å²) in [6.45, 7) is 0. The summed E-state index contributed by atoms with van der Waals surface area (Å²) >= 11 is 5.82. The number of halogens is 1. The molecule has 1 heterocycles. The largest absolute Gasteiger partial charge is 0.407 e. The Hall–Kier alpha value is -2.55. The van der Waals surface area contributed by atoms with Gasteiger partial charge in [0.1, 0.15) is 11.8 Å². The lowest BCUT2D eigenvalue weighted by molar-refractivity contribution is 0.102. The Bertz CT molecular complexity index is 730. The maximum atomic E-state index is 12.1. The van der Waals surface area contributed by atoms with Gasteiger partial charge in [0.05, 0.1) is 18.0 Å². The highest BCUT2D eigenvalue weighted by Crippen LogP contribution is 2.26. The standard InChI is InChI=1S/C12H6ClN4O3P/c13-7-1-2-10(20-21-19)9(3-7)12(18)17-11-6-15-8(4-14)5-16-11/h1-3,5-6H,(H,16,17,18). The second kappa shape index (κ2) is 6.75. The molecule has 0 fully saturated rings. The molecule has 0 unspecified atom stereocenters. The average Bonchev–Trinajstić information content (AvgIpc) is 2.50. The number of aromatic nitrogens is 2. The van der Waals surface area contributed by atoms with Crippen molar-refractivity contribution in [3.8, 4) is 11.8 Å². The van der Waals surface area contributed by atoms with Gasteiger partial charge in [-0.25, -0.2) is 14.5 Å². The molecular weight excluding hydrogens is 315 g/mol.